The van der Waals surface area contributed by atoms with Crippen LogP contribution >= 0.6 is 34.8 Å². The Morgan fingerprint density at radius 3 is 2.24 bits per heavy atom. The first-order chi connectivity index (χ1) is 11.6. The van der Waals surface area contributed by atoms with E-state index in [1.807, 2.05) is 0 Å². The summed E-state index contributed by atoms with van der Waals surface area (Å²) < 4.78 is 57.9. The molecule has 9 heteroatoms. The van der Waals surface area contributed by atoms with Gasteiger partial charge < -0.3 is 4.74 Å². The first-order valence-corrected chi connectivity index (χ1v) is 7.78. The van der Waals surface area contributed by atoms with E-state index in [1.165, 1.54) is 18.2 Å². The highest BCUT2D eigenvalue weighted by molar-refractivity contribution is 6.39. The molecule has 0 radical (unpaired) electrons. The van der Waals surface area contributed by atoms with Gasteiger partial charge in [0.2, 0.25) is 0 Å². The van der Waals surface area contributed by atoms with Gasteiger partial charge in [0.25, 0.3) is 0 Å². The maximum Gasteiger partial charge on any atom is 0.433 e. The van der Waals surface area contributed by atoms with Gasteiger partial charge in [-0.25, -0.2) is 9.37 Å². The van der Waals surface area contributed by atoms with Gasteiger partial charge >= 0.3 is 6.18 Å². The third-order valence-electron chi connectivity index (χ3n) is 3.19. The van der Waals surface area contributed by atoms with Gasteiger partial charge in [0.1, 0.15) is 23.0 Å². The van der Waals surface area contributed by atoms with E-state index in [0.717, 1.165) is 12.1 Å². The first kappa shape index (κ1) is 18.0. The third-order valence-corrected chi connectivity index (χ3v) is 4.01. The summed E-state index contributed by atoms with van der Waals surface area (Å²) >= 11 is 17.8. The van der Waals surface area contributed by atoms with Crippen LogP contribution in [0.2, 0.25) is 15.1 Å². The quantitative estimate of drug-likeness (QED) is 0.419. The van der Waals surface area contributed by atoms with Gasteiger partial charge in [0.15, 0.2) is 0 Å². The summed E-state index contributed by atoms with van der Waals surface area (Å²) in [5, 5.41) is 0.190. The summed E-state index contributed by atoms with van der Waals surface area (Å²) in [7, 11) is 0. The second-order valence-corrected chi connectivity index (χ2v) is 6.21. The molecule has 0 fully saturated rings. The van der Waals surface area contributed by atoms with Crippen molar-refractivity contribution in [2.75, 3.05) is 0 Å². The molecule has 2 nitrogen and oxygen atoms in total. The van der Waals surface area contributed by atoms with E-state index in [-0.39, 0.29) is 37.5 Å². The molecule has 0 amide bonds. The number of nitrogens with zero attached hydrogens (tertiary/aromatic N) is 1. The molecular weight excluding hydrogens is 405 g/mol. The van der Waals surface area contributed by atoms with Crippen LogP contribution in [0, 0.1) is 5.82 Å². The summed E-state index contributed by atoms with van der Waals surface area (Å²) in [5.74, 6) is -0.875. The highest BCUT2D eigenvalue weighted by Crippen LogP contribution is 2.41. The van der Waals surface area contributed by atoms with E-state index >= 15 is 0 Å². The molecular formula is C16H6Cl3F4NO. The van der Waals surface area contributed by atoms with Crippen LogP contribution in [-0.4, -0.2) is 4.98 Å². The minimum Gasteiger partial charge on any atom is -0.455 e. The van der Waals surface area contributed by atoms with E-state index < -0.39 is 17.7 Å². The highest BCUT2D eigenvalue weighted by atomic mass is 35.5. The zero-order chi connectivity index (χ0) is 18.4. The monoisotopic (exact) mass is 409 g/mol. The molecule has 0 bridgehead atoms. The maximum absolute atomic E-state index is 13.1. The molecule has 3 rings (SSSR count). The highest BCUT2D eigenvalue weighted by Gasteiger charge is 2.34. The summed E-state index contributed by atoms with van der Waals surface area (Å²) in [6.45, 7) is 0. The predicted molar refractivity (Wildman–Crippen MR) is 88.2 cm³/mol. The number of rotatable bonds is 2. The van der Waals surface area contributed by atoms with Crippen LogP contribution in [0.1, 0.15) is 5.69 Å². The Bertz CT molecular complexity index is 976. The van der Waals surface area contributed by atoms with Crippen molar-refractivity contribution < 1.29 is 22.3 Å². The summed E-state index contributed by atoms with van der Waals surface area (Å²) in [6, 6.07) is 6.51. The Hall–Kier alpha value is -1.76. The number of fused-ring (bicyclic) bond motifs is 1. The molecule has 3 aromatic rings. The second kappa shape index (κ2) is 6.52. The van der Waals surface area contributed by atoms with E-state index in [4.69, 9.17) is 39.5 Å². The van der Waals surface area contributed by atoms with Crippen molar-refractivity contribution in [3.63, 3.8) is 0 Å². The van der Waals surface area contributed by atoms with Crippen LogP contribution in [0.3, 0.4) is 0 Å². The van der Waals surface area contributed by atoms with Gasteiger partial charge in [0.05, 0.1) is 20.9 Å². The van der Waals surface area contributed by atoms with Crippen molar-refractivity contribution in [3.05, 3.63) is 63.0 Å². The molecule has 0 N–H and O–H groups in total. The first-order valence-electron chi connectivity index (χ1n) is 6.65. The van der Waals surface area contributed by atoms with E-state index in [0.29, 0.717) is 6.07 Å². The van der Waals surface area contributed by atoms with Crippen LogP contribution in [0.25, 0.3) is 10.9 Å². The number of aromatic nitrogens is 1. The average molecular weight is 411 g/mol. The number of benzene rings is 2. The predicted octanol–water partition coefficient (Wildman–Crippen LogP) is 7.15. The van der Waals surface area contributed by atoms with Crippen molar-refractivity contribution in [2.24, 2.45) is 0 Å². The number of hydrogen-bond acceptors (Lipinski definition) is 2. The van der Waals surface area contributed by atoms with Crippen LogP contribution in [0.15, 0.2) is 36.4 Å². The maximum atomic E-state index is 13.1. The lowest BCUT2D eigenvalue weighted by Gasteiger charge is -2.14. The summed E-state index contributed by atoms with van der Waals surface area (Å²) in [6.07, 6.45) is -4.71. The lowest BCUT2D eigenvalue weighted by molar-refractivity contribution is -0.141. The molecule has 0 saturated heterocycles. The van der Waals surface area contributed by atoms with Crippen LogP contribution in [-0.2, 0) is 6.18 Å². The molecule has 1 heterocycles. The van der Waals surface area contributed by atoms with E-state index in [1.54, 1.807) is 0 Å². The Morgan fingerprint density at radius 2 is 1.60 bits per heavy atom. The lowest BCUT2D eigenvalue weighted by atomic mass is 10.1. The SMILES string of the molecule is Fc1ccc(Oc2cc(C(F)(F)F)nc3cc(Cl)cc(Cl)c23)c(Cl)c1. The fraction of sp³-hybridized carbons (Fsp3) is 0.0625. The number of ether oxygens (including phenoxy) is 1. The topological polar surface area (TPSA) is 22.1 Å². The number of alkyl halides is 3. The summed E-state index contributed by atoms with van der Waals surface area (Å²) in [4.78, 5) is 3.54. The summed E-state index contributed by atoms with van der Waals surface area (Å²) in [5.41, 5.74) is -1.29. The average Bonchev–Trinajstić information content (AvgIpc) is 2.48. The largest absolute Gasteiger partial charge is 0.455 e. The van der Waals surface area contributed by atoms with Crippen LogP contribution < -0.4 is 4.74 Å². The fourth-order valence-electron chi connectivity index (χ4n) is 2.15. The number of pyridine rings is 1. The van der Waals surface area contributed by atoms with Crippen LogP contribution in [0.4, 0.5) is 17.6 Å². The standard InChI is InChI=1S/C16H6Cl3F4NO/c17-7-3-10(19)15-11(4-7)24-14(16(21,22)23)6-13(15)25-12-2-1-8(20)5-9(12)18/h1-6H. The van der Waals surface area contributed by atoms with Gasteiger partial charge in [-0.3, -0.25) is 0 Å². The van der Waals surface area contributed by atoms with E-state index in [2.05, 4.69) is 4.98 Å². The van der Waals surface area contributed by atoms with Gasteiger partial charge in [-0.1, -0.05) is 34.8 Å². The molecule has 130 valence electrons. The van der Waals surface area contributed by atoms with Crippen LogP contribution in [0.5, 0.6) is 11.5 Å². The third kappa shape index (κ3) is 3.76. The van der Waals surface area contributed by atoms with Crippen molar-refractivity contribution in [1.29, 1.82) is 0 Å². The van der Waals surface area contributed by atoms with E-state index in [9.17, 15) is 17.6 Å². The lowest BCUT2D eigenvalue weighted by Crippen LogP contribution is -2.08. The molecule has 25 heavy (non-hydrogen) atoms. The molecule has 0 spiro atoms. The smallest absolute Gasteiger partial charge is 0.433 e. The second-order valence-electron chi connectivity index (χ2n) is 4.96. The Balaban J connectivity index is 2.24. The van der Waals surface area contributed by atoms with Gasteiger partial charge in [-0.2, -0.15) is 13.2 Å². The van der Waals surface area contributed by atoms with Gasteiger partial charge in [-0.15, -0.1) is 0 Å². The Morgan fingerprint density at radius 1 is 0.880 bits per heavy atom. The molecule has 0 aliphatic heterocycles. The molecule has 0 aliphatic carbocycles. The number of hydrogen-bond donors (Lipinski definition) is 0. The molecule has 0 unspecified atom stereocenters. The molecule has 0 aliphatic rings. The zero-order valence-corrected chi connectivity index (χ0v) is 14.2. The Labute approximate surface area is 153 Å². The van der Waals surface area contributed by atoms with Gasteiger partial charge in [0, 0.05) is 11.1 Å². The van der Waals surface area contributed by atoms with Gasteiger partial charge in [-0.05, 0) is 30.3 Å². The zero-order valence-electron chi connectivity index (χ0n) is 12.0. The number of halogens is 7. The van der Waals surface area contributed by atoms with Crippen molar-refractivity contribution >= 4 is 45.7 Å². The molecule has 0 atom stereocenters. The molecule has 0 saturated carbocycles. The minimum atomic E-state index is -4.71. The molecule has 1 aromatic heterocycles. The Kier molecular flexibility index (Phi) is 4.70. The van der Waals surface area contributed by atoms with Crippen molar-refractivity contribution in [3.8, 4) is 11.5 Å². The molecule has 2 aromatic carbocycles. The van der Waals surface area contributed by atoms with Crippen molar-refractivity contribution in [1.82, 2.24) is 4.98 Å². The van der Waals surface area contributed by atoms with Crippen molar-refractivity contribution in [2.45, 2.75) is 6.18 Å². The minimum absolute atomic E-state index is 0.0327. The normalized spacial score (nSPS) is 11.8. The fourth-order valence-corrected chi connectivity index (χ4v) is 2.93.